The van der Waals surface area contributed by atoms with Gasteiger partial charge in [-0.15, -0.1) is 0 Å². The van der Waals surface area contributed by atoms with E-state index in [-0.39, 0.29) is 0 Å². The molecular formula is C16H26N2O2. The van der Waals surface area contributed by atoms with Crippen LogP contribution in [0.15, 0.2) is 12.3 Å². The van der Waals surface area contributed by atoms with E-state index in [0.29, 0.717) is 23.3 Å². The topological polar surface area (TPSA) is 43.4 Å². The summed E-state index contributed by atoms with van der Waals surface area (Å²) >= 11 is 0. The fourth-order valence-electron chi connectivity index (χ4n) is 3.15. The van der Waals surface area contributed by atoms with Crippen LogP contribution in [-0.4, -0.2) is 25.7 Å². The number of aromatic nitrogens is 1. The van der Waals surface area contributed by atoms with Crippen LogP contribution < -0.4 is 14.8 Å². The molecule has 4 heteroatoms. The van der Waals surface area contributed by atoms with Gasteiger partial charge in [-0.1, -0.05) is 27.7 Å². The fraction of sp³-hybridized carbons (Fsp3) is 0.688. The molecule has 1 aromatic heterocycles. The van der Waals surface area contributed by atoms with Gasteiger partial charge in [-0.25, -0.2) is 0 Å². The van der Waals surface area contributed by atoms with Crippen molar-refractivity contribution in [3.8, 4) is 11.5 Å². The maximum Gasteiger partial charge on any atom is 0.183 e. The number of ether oxygens (including phenoxy) is 2. The summed E-state index contributed by atoms with van der Waals surface area (Å²) in [6, 6.07) is 1.81. The summed E-state index contributed by atoms with van der Waals surface area (Å²) < 4.78 is 10.7. The fourth-order valence-corrected chi connectivity index (χ4v) is 3.15. The SMILES string of the molecule is COc1ccnc(CNCC2C(C)(C)C2(C)C)c1OC. The van der Waals surface area contributed by atoms with E-state index >= 15 is 0 Å². The highest BCUT2D eigenvalue weighted by Gasteiger charge is 2.63. The van der Waals surface area contributed by atoms with E-state index in [1.807, 2.05) is 6.07 Å². The van der Waals surface area contributed by atoms with Crippen molar-refractivity contribution in [3.05, 3.63) is 18.0 Å². The molecule has 1 heterocycles. The van der Waals surface area contributed by atoms with E-state index in [4.69, 9.17) is 9.47 Å². The van der Waals surface area contributed by atoms with Gasteiger partial charge in [0.25, 0.3) is 0 Å². The smallest absolute Gasteiger partial charge is 0.183 e. The number of rotatable bonds is 6. The second-order valence-corrected chi connectivity index (χ2v) is 6.62. The second-order valence-electron chi connectivity index (χ2n) is 6.62. The first-order valence-electron chi connectivity index (χ1n) is 7.12. The molecule has 0 radical (unpaired) electrons. The van der Waals surface area contributed by atoms with Gasteiger partial charge in [-0.2, -0.15) is 0 Å². The number of hydrogen-bond donors (Lipinski definition) is 1. The minimum Gasteiger partial charge on any atom is -0.493 e. The summed E-state index contributed by atoms with van der Waals surface area (Å²) in [5.41, 5.74) is 1.71. The van der Waals surface area contributed by atoms with Gasteiger partial charge < -0.3 is 14.8 Å². The van der Waals surface area contributed by atoms with E-state index in [0.717, 1.165) is 23.7 Å². The van der Waals surface area contributed by atoms with E-state index in [2.05, 4.69) is 38.0 Å². The van der Waals surface area contributed by atoms with E-state index in [9.17, 15) is 0 Å². The van der Waals surface area contributed by atoms with Crippen molar-refractivity contribution in [3.63, 3.8) is 0 Å². The molecule has 1 aliphatic carbocycles. The first-order chi connectivity index (χ1) is 9.36. The van der Waals surface area contributed by atoms with Gasteiger partial charge in [0.2, 0.25) is 0 Å². The van der Waals surface area contributed by atoms with Crippen LogP contribution in [0.5, 0.6) is 11.5 Å². The van der Waals surface area contributed by atoms with Crippen LogP contribution in [0, 0.1) is 16.7 Å². The van der Waals surface area contributed by atoms with Crippen molar-refractivity contribution in [2.75, 3.05) is 20.8 Å². The quantitative estimate of drug-likeness (QED) is 0.869. The molecule has 0 aliphatic heterocycles. The summed E-state index contributed by atoms with van der Waals surface area (Å²) in [7, 11) is 3.29. The van der Waals surface area contributed by atoms with Gasteiger partial charge in [-0.05, 0) is 23.3 Å². The summed E-state index contributed by atoms with van der Waals surface area (Å²) in [5.74, 6) is 2.15. The van der Waals surface area contributed by atoms with Gasteiger partial charge in [-0.3, -0.25) is 4.98 Å². The summed E-state index contributed by atoms with van der Waals surface area (Å²) in [4.78, 5) is 4.38. The number of nitrogens with one attached hydrogen (secondary N) is 1. The molecule has 0 atom stereocenters. The Morgan fingerprint density at radius 3 is 2.30 bits per heavy atom. The molecule has 1 N–H and O–H groups in total. The third kappa shape index (κ3) is 2.37. The van der Waals surface area contributed by atoms with E-state index in [1.54, 1.807) is 20.4 Å². The largest absolute Gasteiger partial charge is 0.493 e. The van der Waals surface area contributed by atoms with Crippen LogP contribution in [-0.2, 0) is 6.54 Å². The minimum atomic E-state index is 0.409. The van der Waals surface area contributed by atoms with Crippen molar-refractivity contribution >= 4 is 0 Å². The Labute approximate surface area is 121 Å². The number of methoxy groups -OCH3 is 2. The molecule has 4 nitrogen and oxygen atoms in total. The van der Waals surface area contributed by atoms with Gasteiger partial charge >= 0.3 is 0 Å². The maximum atomic E-state index is 5.39. The third-order valence-corrected chi connectivity index (χ3v) is 5.33. The van der Waals surface area contributed by atoms with Crippen molar-refractivity contribution in [2.45, 2.75) is 34.2 Å². The van der Waals surface area contributed by atoms with Crippen LogP contribution in [0.4, 0.5) is 0 Å². The first kappa shape index (κ1) is 15.1. The molecule has 0 saturated heterocycles. The zero-order chi connectivity index (χ0) is 15.0. The van der Waals surface area contributed by atoms with Crippen molar-refractivity contribution < 1.29 is 9.47 Å². The van der Waals surface area contributed by atoms with Crippen LogP contribution in [0.25, 0.3) is 0 Å². The van der Waals surface area contributed by atoms with Crippen LogP contribution in [0.3, 0.4) is 0 Å². The molecule has 1 aromatic rings. The maximum absolute atomic E-state index is 5.39. The van der Waals surface area contributed by atoms with E-state index in [1.165, 1.54) is 0 Å². The third-order valence-electron chi connectivity index (χ3n) is 5.33. The van der Waals surface area contributed by atoms with Gasteiger partial charge in [0.15, 0.2) is 11.5 Å². The van der Waals surface area contributed by atoms with Crippen LogP contribution in [0.1, 0.15) is 33.4 Å². The summed E-state index contributed by atoms with van der Waals surface area (Å²) in [6.45, 7) is 11.0. The lowest BCUT2D eigenvalue weighted by Crippen LogP contribution is -2.20. The first-order valence-corrected chi connectivity index (χ1v) is 7.12. The zero-order valence-corrected chi connectivity index (χ0v) is 13.4. The average Bonchev–Trinajstić information content (AvgIpc) is 2.80. The molecule has 20 heavy (non-hydrogen) atoms. The molecule has 1 aliphatic rings. The molecule has 0 bridgehead atoms. The summed E-state index contributed by atoms with van der Waals surface area (Å²) in [5, 5.41) is 3.50. The van der Waals surface area contributed by atoms with Gasteiger partial charge in [0.1, 0.15) is 0 Å². The van der Waals surface area contributed by atoms with Crippen molar-refractivity contribution in [1.29, 1.82) is 0 Å². The molecule has 0 amide bonds. The van der Waals surface area contributed by atoms with Gasteiger partial charge in [0.05, 0.1) is 19.9 Å². The molecule has 1 saturated carbocycles. The number of pyridine rings is 1. The Bertz CT molecular complexity index is 469. The molecule has 1 fully saturated rings. The van der Waals surface area contributed by atoms with Crippen LogP contribution in [0.2, 0.25) is 0 Å². The molecular weight excluding hydrogens is 252 g/mol. The van der Waals surface area contributed by atoms with Crippen molar-refractivity contribution in [2.24, 2.45) is 16.7 Å². The Kier molecular flexibility index (Phi) is 3.96. The predicted octanol–water partition coefficient (Wildman–Crippen LogP) is 2.87. The van der Waals surface area contributed by atoms with Crippen LogP contribution >= 0.6 is 0 Å². The Morgan fingerprint density at radius 2 is 1.80 bits per heavy atom. The predicted molar refractivity (Wildman–Crippen MR) is 80.1 cm³/mol. The highest BCUT2D eigenvalue weighted by molar-refractivity contribution is 5.42. The Morgan fingerprint density at radius 1 is 1.15 bits per heavy atom. The molecule has 0 spiro atoms. The summed E-state index contributed by atoms with van der Waals surface area (Å²) in [6.07, 6.45) is 1.75. The zero-order valence-electron chi connectivity index (χ0n) is 13.4. The lowest BCUT2D eigenvalue weighted by molar-refractivity contribution is 0.347. The average molecular weight is 278 g/mol. The standard InChI is InChI=1S/C16H26N2O2/c1-15(2)13(16(15,3)4)10-17-9-11-14(20-6)12(19-5)7-8-18-11/h7-8,13,17H,9-10H2,1-6H3. The molecule has 2 rings (SSSR count). The molecule has 0 aromatic carbocycles. The number of nitrogens with zero attached hydrogens (tertiary/aromatic N) is 1. The number of hydrogen-bond acceptors (Lipinski definition) is 4. The Balaban J connectivity index is 1.96. The lowest BCUT2D eigenvalue weighted by atomic mass is 10.0. The minimum absolute atomic E-state index is 0.409. The van der Waals surface area contributed by atoms with Crippen molar-refractivity contribution in [1.82, 2.24) is 10.3 Å². The lowest BCUT2D eigenvalue weighted by Gasteiger charge is -2.12. The molecule has 112 valence electrons. The highest BCUT2D eigenvalue weighted by Crippen LogP contribution is 2.67. The van der Waals surface area contributed by atoms with Gasteiger partial charge in [0, 0.05) is 18.8 Å². The highest BCUT2D eigenvalue weighted by atomic mass is 16.5. The Hall–Kier alpha value is -1.29. The second kappa shape index (κ2) is 5.24. The molecule has 0 unspecified atom stereocenters. The van der Waals surface area contributed by atoms with E-state index < -0.39 is 0 Å². The normalized spacial score (nSPS) is 19.7. The monoisotopic (exact) mass is 278 g/mol.